The summed E-state index contributed by atoms with van der Waals surface area (Å²) in [6.45, 7) is 2.98. The normalized spacial score (nSPS) is 13.8. The highest BCUT2D eigenvalue weighted by atomic mass is 32.2. The average Bonchev–Trinajstić information content (AvgIpc) is 2.79. The SMILES string of the molecule is CC(=O)NC(C)c1cc2ccc(OS(=O)(=O)C(F)(F)F)cc2o1. The Kier molecular flexibility index (Phi) is 4.29. The lowest BCUT2D eigenvalue weighted by molar-refractivity contribution is -0.119. The van der Waals surface area contributed by atoms with Gasteiger partial charge in [-0.25, -0.2) is 0 Å². The van der Waals surface area contributed by atoms with Crippen molar-refractivity contribution in [3.63, 3.8) is 0 Å². The van der Waals surface area contributed by atoms with Gasteiger partial charge in [0, 0.05) is 18.4 Å². The maximum absolute atomic E-state index is 12.3. The van der Waals surface area contributed by atoms with Crippen LogP contribution in [0.2, 0.25) is 0 Å². The van der Waals surface area contributed by atoms with E-state index in [1.165, 1.54) is 13.0 Å². The first-order chi connectivity index (χ1) is 10.5. The molecule has 1 aromatic carbocycles. The summed E-state index contributed by atoms with van der Waals surface area (Å²) in [5.41, 5.74) is -5.39. The molecule has 10 heteroatoms. The highest BCUT2D eigenvalue weighted by Gasteiger charge is 2.48. The van der Waals surface area contributed by atoms with Gasteiger partial charge in [0.2, 0.25) is 5.91 Å². The molecule has 2 aromatic rings. The predicted octanol–water partition coefficient (Wildman–Crippen LogP) is 2.86. The Balaban J connectivity index is 2.31. The van der Waals surface area contributed by atoms with Crippen molar-refractivity contribution in [3.05, 3.63) is 30.0 Å². The van der Waals surface area contributed by atoms with Gasteiger partial charge >= 0.3 is 15.6 Å². The number of alkyl halides is 3. The minimum atomic E-state index is -5.74. The maximum atomic E-state index is 12.3. The summed E-state index contributed by atoms with van der Waals surface area (Å²) in [6, 6.07) is 4.58. The number of rotatable bonds is 4. The number of furan rings is 1. The zero-order valence-corrected chi connectivity index (χ0v) is 12.8. The van der Waals surface area contributed by atoms with Gasteiger partial charge in [-0.2, -0.15) is 21.6 Å². The van der Waals surface area contributed by atoms with Crippen molar-refractivity contribution in [2.75, 3.05) is 0 Å². The predicted molar refractivity (Wildman–Crippen MR) is 74.0 cm³/mol. The lowest BCUT2D eigenvalue weighted by Gasteiger charge is -2.09. The molecule has 1 amide bonds. The standard InChI is InChI=1S/C13H12F3NO5S/c1-7(17-8(2)18)11-5-9-3-4-10(6-12(9)21-11)22-23(19,20)13(14,15)16/h3-7H,1-2H3,(H,17,18). The second kappa shape index (κ2) is 5.76. The maximum Gasteiger partial charge on any atom is 0.534 e. The van der Waals surface area contributed by atoms with Crippen LogP contribution in [-0.2, 0) is 14.9 Å². The van der Waals surface area contributed by atoms with Crippen LogP contribution in [0.3, 0.4) is 0 Å². The van der Waals surface area contributed by atoms with Crippen LogP contribution in [0.4, 0.5) is 13.2 Å². The number of carbonyl (C=O) groups excluding carboxylic acids is 1. The molecule has 126 valence electrons. The summed E-state index contributed by atoms with van der Waals surface area (Å²) in [6.07, 6.45) is 0. The summed E-state index contributed by atoms with van der Waals surface area (Å²) in [4.78, 5) is 11.0. The first-order valence-electron chi connectivity index (χ1n) is 6.31. The molecule has 0 radical (unpaired) electrons. The number of nitrogens with one attached hydrogen (secondary N) is 1. The third-order valence-corrected chi connectivity index (χ3v) is 3.83. The molecule has 1 aromatic heterocycles. The van der Waals surface area contributed by atoms with E-state index in [4.69, 9.17) is 4.42 Å². The summed E-state index contributed by atoms with van der Waals surface area (Å²) < 4.78 is 68.2. The average molecular weight is 351 g/mol. The van der Waals surface area contributed by atoms with Crippen molar-refractivity contribution in [3.8, 4) is 5.75 Å². The molecule has 0 spiro atoms. The minimum absolute atomic E-state index is 0.132. The smallest absolute Gasteiger partial charge is 0.459 e. The van der Waals surface area contributed by atoms with Crippen LogP contribution in [-0.4, -0.2) is 19.8 Å². The van der Waals surface area contributed by atoms with Gasteiger partial charge < -0.3 is 13.9 Å². The topological polar surface area (TPSA) is 85.6 Å². The Morgan fingerprint density at radius 3 is 2.52 bits per heavy atom. The van der Waals surface area contributed by atoms with E-state index in [0.29, 0.717) is 11.1 Å². The Bertz CT molecular complexity index is 841. The van der Waals surface area contributed by atoms with E-state index >= 15 is 0 Å². The Morgan fingerprint density at radius 1 is 1.30 bits per heavy atom. The number of benzene rings is 1. The van der Waals surface area contributed by atoms with Crippen molar-refractivity contribution >= 4 is 27.0 Å². The molecule has 0 bridgehead atoms. The number of carbonyl (C=O) groups is 1. The number of hydrogen-bond acceptors (Lipinski definition) is 5. The van der Waals surface area contributed by atoms with Gasteiger partial charge in [-0.15, -0.1) is 0 Å². The molecule has 0 aliphatic rings. The molecule has 1 atom stereocenters. The second-order valence-electron chi connectivity index (χ2n) is 4.75. The number of fused-ring (bicyclic) bond motifs is 1. The van der Waals surface area contributed by atoms with E-state index in [9.17, 15) is 26.4 Å². The van der Waals surface area contributed by atoms with Gasteiger partial charge in [-0.3, -0.25) is 4.79 Å². The zero-order chi connectivity index (χ0) is 17.4. The highest BCUT2D eigenvalue weighted by Crippen LogP contribution is 2.31. The molecule has 1 heterocycles. The Morgan fingerprint density at radius 2 is 1.96 bits per heavy atom. The molecule has 0 saturated heterocycles. The van der Waals surface area contributed by atoms with Gasteiger partial charge in [0.25, 0.3) is 0 Å². The molecule has 1 N–H and O–H groups in total. The quantitative estimate of drug-likeness (QED) is 0.676. The Labute approximate surface area is 129 Å². The molecular weight excluding hydrogens is 339 g/mol. The lowest BCUT2D eigenvalue weighted by atomic mass is 10.2. The van der Waals surface area contributed by atoms with Gasteiger partial charge in [0.15, 0.2) is 0 Å². The summed E-state index contributed by atoms with van der Waals surface area (Å²) >= 11 is 0. The largest absolute Gasteiger partial charge is 0.534 e. The fraction of sp³-hybridized carbons (Fsp3) is 0.308. The molecule has 0 aliphatic carbocycles. The number of amides is 1. The molecule has 0 saturated carbocycles. The second-order valence-corrected chi connectivity index (χ2v) is 6.29. The summed E-state index contributed by atoms with van der Waals surface area (Å²) in [7, 11) is -5.74. The van der Waals surface area contributed by atoms with E-state index in [-0.39, 0.29) is 11.5 Å². The minimum Gasteiger partial charge on any atom is -0.459 e. The van der Waals surface area contributed by atoms with Crippen LogP contribution < -0.4 is 9.50 Å². The van der Waals surface area contributed by atoms with Crippen molar-refractivity contribution in [2.45, 2.75) is 25.4 Å². The monoisotopic (exact) mass is 351 g/mol. The van der Waals surface area contributed by atoms with E-state index < -0.39 is 27.4 Å². The third-order valence-electron chi connectivity index (χ3n) is 2.85. The van der Waals surface area contributed by atoms with E-state index in [1.54, 1.807) is 13.0 Å². The molecule has 1 unspecified atom stereocenters. The Hall–Kier alpha value is -2.23. The van der Waals surface area contributed by atoms with Crippen molar-refractivity contribution < 1.29 is 35.0 Å². The van der Waals surface area contributed by atoms with Crippen molar-refractivity contribution in [2.24, 2.45) is 0 Å². The molecule has 0 aliphatic heterocycles. The van der Waals surface area contributed by atoms with Crippen LogP contribution in [0.5, 0.6) is 5.75 Å². The van der Waals surface area contributed by atoms with Crippen LogP contribution in [0.15, 0.2) is 28.7 Å². The number of hydrogen-bond donors (Lipinski definition) is 1. The van der Waals surface area contributed by atoms with Crippen LogP contribution in [0.25, 0.3) is 11.0 Å². The van der Waals surface area contributed by atoms with Crippen LogP contribution in [0.1, 0.15) is 25.6 Å². The zero-order valence-electron chi connectivity index (χ0n) is 12.0. The number of halogens is 3. The third kappa shape index (κ3) is 3.76. The summed E-state index contributed by atoms with van der Waals surface area (Å²) in [5.74, 6) is -0.438. The first-order valence-corrected chi connectivity index (χ1v) is 7.72. The molecule has 6 nitrogen and oxygen atoms in total. The molecule has 23 heavy (non-hydrogen) atoms. The van der Waals surface area contributed by atoms with Gasteiger partial charge in [-0.1, -0.05) is 0 Å². The lowest BCUT2D eigenvalue weighted by Crippen LogP contribution is -2.28. The highest BCUT2D eigenvalue weighted by molar-refractivity contribution is 7.88. The van der Waals surface area contributed by atoms with Crippen molar-refractivity contribution in [1.82, 2.24) is 5.32 Å². The van der Waals surface area contributed by atoms with Crippen LogP contribution in [0, 0.1) is 0 Å². The van der Waals surface area contributed by atoms with E-state index in [1.807, 2.05) is 0 Å². The fourth-order valence-corrected chi connectivity index (χ4v) is 2.30. The fourth-order valence-electron chi connectivity index (χ4n) is 1.85. The molecular formula is C13H12F3NO5S. The first kappa shape index (κ1) is 17.1. The van der Waals surface area contributed by atoms with E-state index in [2.05, 4.69) is 9.50 Å². The van der Waals surface area contributed by atoms with Gasteiger partial charge in [0.1, 0.15) is 17.1 Å². The van der Waals surface area contributed by atoms with Crippen LogP contribution >= 0.6 is 0 Å². The summed E-state index contributed by atoms with van der Waals surface area (Å²) in [5, 5.41) is 3.11. The van der Waals surface area contributed by atoms with E-state index in [0.717, 1.165) is 12.1 Å². The molecule has 0 fully saturated rings. The molecule has 2 rings (SSSR count). The van der Waals surface area contributed by atoms with Crippen molar-refractivity contribution in [1.29, 1.82) is 0 Å². The van der Waals surface area contributed by atoms with Gasteiger partial charge in [-0.05, 0) is 25.1 Å². The van der Waals surface area contributed by atoms with Gasteiger partial charge in [0.05, 0.1) is 6.04 Å².